The van der Waals surface area contributed by atoms with Gasteiger partial charge in [-0.15, -0.1) is 0 Å². The number of hydrogen-bond donors (Lipinski definition) is 0. The second kappa shape index (κ2) is 7.49. The zero-order valence-electron chi connectivity index (χ0n) is 14.8. The summed E-state index contributed by atoms with van der Waals surface area (Å²) in [6.45, 7) is 7.22. The molecule has 0 fully saturated rings. The number of rotatable bonds is 5. The molecule has 0 bridgehead atoms. The number of nitrogens with zero attached hydrogens (tertiary/aromatic N) is 1. The Kier molecular flexibility index (Phi) is 5.36. The Morgan fingerprint density at radius 2 is 1.50 bits per heavy atom. The Balaban J connectivity index is 1.73. The maximum atomic E-state index is 5.83. The van der Waals surface area contributed by atoms with Crippen LogP contribution in [0.2, 0.25) is 0 Å². The molecular formula is C21H26NOP. The van der Waals surface area contributed by atoms with Crippen molar-refractivity contribution in [3.8, 4) is 0 Å². The van der Waals surface area contributed by atoms with Gasteiger partial charge in [0.1, 0.15) is 6.61 Å². The molecule has 0 radical (unpaired) electrons. The van der Waals surface area contributed by atoms with Crippen molar-refractivity contribution in [3.63, 3.8) is 0 Å². The first kappa shape index (κ1) is 17.2. The topological polar surface area (TPSA) is 21.6 Å². The summed E-state index contributed by atoms with van der Waals surface area (Å²) in [5.41, 5.74) is 0.0122. The standard InChI is InChI=1S/C21H26NOP/c1-21(2,3)20-22-17(16-23-20)14-15-24(18-10-6-4-7-11-18)19-12-8-5-9-13-19/h4-13,17H,14-16H2,1-3H3/t17-/m0/s1. The van der Waals surface area contributed by atoms with Gasteiger partial charge in [-0.1, -0.05) is 81.4 Å². The molecule has 1 aliphatic heterocycles. The summed E-state index contributed by atoms with van der Waals surface area (Å²) < 4.78 is 5.83. The molecule has 0 saturated carbocycles. The highest BCUT2D eigenvalue weighted by Crippen LogP contribution is 2.35. The molecule has 24 heavy (non-hydrogen) atoms. The van der Waals surface area contributed by atoms with Gasteiger partial charge in [-0.2, -0.15) is 0 Å². The number of hydrogen-bond acceptors (Lipinski definition) is 2. The monoisotopic (exact) mass is 339 g/mol. The van der Waals surface area contributed by atoms with Gasteiger partial charge in [-0.25, -0.2) is 4.99 Å². The molecule has 126 valence electrons. The maximum absolute atomic E-state index is 5.83. The molecule has 1 atom stereocenters. The van der Waals surface area contributed by atoms with Crippen LogP contribution in [0.15, 0.2) is 65.7 Å². The van der Waals surface area contributed by atoms with Crippen LogP contribution in [0, 0.1) is 5.41 Å². The van der Waals surface area contributed by atoms with Gasteiger partial charge in [0.05, 0.1) is 6.04 Å². The minimum absolute atomic E-state index is 0.0122. The Morgan fingerprint density at radius 1 is 0.958 bits per heavy atom. The molecule has 2 nitrogen and oxygen atoms in total. The van der Waals surface area contributed by atoms with Gasteiger partial charge < -0.3 is 4.74 Å². The lowest BCUT2D eigenvalue weighted by atomic mass is 9.97. The van der Waals surface area contributed by atoms with Crippen molar-refractivity contribution in [2.24, 2.45) is 10.4 Å². The summed E-state index contributed by atoms with van der Waals surface area (Å²) in [6.07, 6.45) is 2.23. The van der Waals surface area contributed by atoms with Crippen molar-refractivity contribution in [2.75, 3.05) is 12.8 Å². The fourth-order valence-corrected chi connectivity index (χ4v) is 5.31. The van der Waals surface area contributed by atoms with Crippen LogP contribution in [0.25, 0.3) is 0 Å². The smallest absolute Gasteiger partial charge is 0.189 e. The highest BCUT2D eigenvalue weighted by Gasteiger charge is 2.28. The van der Waals surface area contributed by atoms with Crippen molar-refractivity contribution in [1.82, 2.24) is 0 Å². The Bertz CT molecular complexity index is 636. The summed E-state index contributed by atoms with van der Waals surface area (Å²) in [7, 11) is -0.334. The largest absolute Gasteiger partial charge is 0.478 e. The van der Waals surface area contributed by atoms with Gasteiger partial charge >= 0.3 is 0 Å². The van der Waals surface area contributed by atoms with E-state index in [2.05, 4.69) is 81.4 Å². The van der Waals surface area contributed by atoms with E-state index in [0.29, 0.717) is 6.04 Å². The zero-order valence-corrected chi connectivity index (χ0v) is 15.7. The molecular weight excluding hydrogens is 313 g/mol. The maximum Gasteiger partial charge on any atom is 0.189 e. The first-order valence-electron chi connectivity index (χ1n) is 8.63. The average Bonchev–Trinajstić information content (AvgIpc) is 3.06. The van der Waals surface area contributed by atoms with Crippen LogP contribution in [-0.2, 0) is 4.74 Å². The molecule has 3 rings (SSSR count). The minimum Gasteiger partial charge on any atom is -0.478 e. The molecule has 0 amide bonds. The van der Waals surface area contributed by atoms with Crippen molar-refractivity contribution in [1.29, 1.82) is 0 Å². The quantitative estimate of drug-likeness (QED) is 0.742. The molecule has 0 unspecified atom stereocenters. The predicted octanol–water partition coefficient (Wildman–Crippen LogP) is 4.35. The van der Waals surface area contributed by atoms with Crippen LogP contribution in [0.3, 0.4) is 0 Å². The van der Waals surface area contributed by atoms with E-state index in [4.69, 9.17) is 9.73 Å². The summed E-state index contributed by atoms with van der Waals surface area (Å²) in [5, 5.41) is 2.88. The second-order valence-electron chi connectivity index (χ2n) is 7.26. The first-order valence-corrected chi connectivity index (χ1v) is 10.2. The Labute approximate surface area is 146 Å². The van der Waals surface area contributed by atoms with Gasteiger partial charge in [0, 0.05) is 5.41 Å². The first-order chi connectivity index (χ1) is 11.5. The van der Waals surface area contributed by atoms with E-state index in [-0.39, 0.29) is 13.3 Å². The highest BCUT2D eigenvalue weighted by molar-refractivity contribution is 7.73. The van der Waals surface area contributed by atoms with E-state index >= 15 is 0 Å². The van der Waals surface area contributed by atoms with E-state index in [9.17, 15) is 0 Å². The molecule has 2 aromatic rings. The zero-order chi connectivity index (χ0) is 17.0. The summed E-state index contributed by atoms with van der Waals surface area (Å²) in [6, 6.07) is 22.1. The fraction of sp³-hybridized carbons (Fsp3) is 0.381. The third kappa shape index (κ3) is 4.24. The normalized spacial score (nSPS) is 17.7. The highest BCUT2D eigenvalue weighted by atomic mass is 31.1. The Hall–Kier alpha value is -1.66. The van der Waals surface area contributed by atoms with E-state index in [1.165, 1.54) is 10.6 Å². The Morgan fingerprint density at radius 3 is 1.96 bits per heavy atom. The fourth-order valence-electron chi connectivity index (χ4n) is 2.87. The van der Waals surface area contributed by atoms with Crippen LogP contribution >= 0.6 is 7.92 Å². The van der Waals surface area contributed by atoms with Crippen molar-refractivity contribution < 1.29 is 4.74 Å². The lowest BCUT2D eigenvalue weighted by molar-refractivity contribution is 0.281. The van der Waals surface area contributed by atoms with Crippen LogP contribution < -0.4 is 10.6 Å². The van der Waals surface area contributed by atoms with Crippen LogP contribution in [0.5, 0.6) is 0 Å². The lowest BCUT2D eigenvalue weighted by Crippen LogP contribution is -2.20. The molecule has 0 aromatic heterocycles. The number of ether oxygens (including phenoxy) is 1. The van der Waals surface area contributed by atoms with Crippen molar-refractivity contribution >= 4 is 24.4 Å². The third-order valence-electron chi connectivity index (χ3n) is 4.18. The molecule has 3 heteroatoms. The van der Waals surface area contributed by atoms with E-state index in [1.54, 1.807) is 0 Å². The van der Waals surface area contributed by atoms with Gasteiger partial charge in [0.15, 0.2) is 5.90 Å². The van der Waals surface area contributed by atoms with Crippen LogP contribution in [-0.4, -0.2) is 24.7 Å². The average molecular weight is 339 g/mol. The summed E-state index contributed by atoms with van der Waals surface area (Å²) in [5.74, 6) is 0.913. The lowest BCUT2D eigenvalue weighted by Gasteiger charge is -2.19. The summed E-state index contributed by atoms with van der Waals surface area (Å²) >= 11 is 0. The molecule has 0 saturated heterocycles. The van der Waals surface area contributed by atoms with Gasteiger partial charge in [0.25, 0.3) is 0 Å². The number of aliphatic imine (C=N–C) groups is 1. The summed E-state index contributed by atoms with van der Waals surface area (Å²) in [4.78, 5) is 4.82. The molecule has 0 spiro atoms. The van der Waals surface area contributed by atoms with Gasteiger partial charge in [0.2, 0.25) is 0 Å². The van der Waals surface area contributed by atoms with Crippen LogP contribution in [0.1, 0.15) is 27.2 Å². The molecule has 2 aromatic carbocycles. The molecule has 1 aliphatic rings. The molecule has 0 aliphatic carbocycles. The van der Waals surface area contributed by atoms with E-state index in [0.717, 1.165) is 25.1 Å². The SMILES string of the molecule is CC(C)(C)C1=N[C@@H](CCP(c2ccccc2)c2ccccc2)CO1. The number of benzene rings is 2. The molecule has 0 N–H and O–H groups in total. The minimum atomic E-state index is -0.334. The molecule has 1 heterocycles. The van der Waals surface area contributed by atoms with E-state index in [1.807, 2.05) is 0 Å². The second-order valence-corrected chi connectivity index (χ2v) is 9.60. The van der Waals surface area contributed by atoms with Gasteiger partial charge in [-0.05, 0) is 31.1 Å². The predicted molar refractivity (Wildman–Crippen MR) is 105 cm³/mol. The van der Waals surface area contributed by atoms with Crippen molar-refractivity contribution in [3.05, 3.63) is 60.7 Å². The van der Waals surface area contributed by atoms with E-state index < -0.39 is 0 Å². The van der Waals surface area contributed by atoms with Gasteiger partial charge in [-0.3, -0.25) is 0 Å². The van der Waals surface area contributed by atoms with Crippen molar-refractivity contribution in [2.45, 2.75) is 33.2 Å². The van der Waals surface area contributed by atoms with Crippen LogP contribution in [0.4, 0.5) is 0 Å². The third-order valence-corrected chi connectivity index (χ3v) is 6.72.